The lowest BCUT2D eigenvalue weighted by atomic mass is 10.0. The van der Waals surface area contributed by atoms with E-state index in [9.17, 15) is 19.5 Å². The number of hydrogen-bond donors (Lipinski definition) is 0. The highest BCUT2D eigenvalue weighted by Gasteiger charge is 2.22. The van der Waals surface area contributed by atoms with Crippen molar-refractivity contribution < 1.29 is 42.9 Å². The third-order valence-electron chi connectivity index (χ3n) is 13.1. The second-order valence-electron chi connectivity index (χ2n) is 21.9. The fraction of sp³-hybridized carbons (Fsp3) is 0.625. The SMILES string of the molecule is CC/C=C\C/C=C\C/C=C\C/C=C\C/C=C\C/C=C\C/C=C\CCCCCCCCCC(=O)OC(COC(=O)CCCCCCCCCCCCC/C=C\C/C=C\C/C=C\C/C=C\C/C=C\CC)COC(OCC[N+](C)(C)C)C(=O)[O-]. The molecule has 0 bridgehead atoms. The van der Waals surface area contributed by atoms with Gasteiger partial charge in [-0.1, -0.05) is 250 Å². The predicted molar refractivity (Wildman–Crippen MR) is 342 cm³/mol. The van der Waals surface area contributed by atoms with Crippen molar-refractivity contribution >= 4 is 17.9 Å². The molecule has 0 rings (SSSR count). The highest BCUT2D eigenvalue weighted by atomic mass is 16.7. The van der Waals surface area contributed by atoms with Crippen LogP contribution in [0.15, 0.2) is 146 Å². The van der Waals surface area contributed by atoms with Crippen molar-refractivity contribution in [1.29, 1.82) is 0 Å². The molecule has 0 aliphatic heterocycles. The van der Waals surface area contributed by atoms with Gasteiger partial charge in [-0.3, -0.25) is 9.59 Å². The Bertz CT molecular complexity index is 1840. The summed E-state index contributed by atoms with van der Waals surface area (Å²) in [7, 11) is 5.91. The van der Waals surface area contributed by atoms with E-state index in [4.69, 9.17) is 18.9 Å². The van der Waals surface area contributed by atoms with Crippen LogP contribution in [0.3, 0.4) is 0 Å². The maximum Gasteiger partial charge on any atom is 0.306 e. The zero-order valence-corrected chi connectivity index (χ0v) is 52.1. The molecule has 0 aromatic heterocycles. The Kier molecular flexibility index (Phi) is 57.6. The van der Waals surface area contributed by atoms with Crippen molar-refractivity contribution in [2.24, 2.45) is 0 Å². The predicted octanol–water partition coefficient (Wildman–Crippen LogP) is 18.2. The third-order valence-corrected chi connectivity index (χ3v) is 13.1. The van der Waals surface area contributed by atoms with Crippen LogP contribution in [0.25, 0.3) is 0 Å². The number of nitrogens with zero attached hydrogens (tertiary/aromatic N) is 1. The maximum absolute atomic E-state index is 12.9. The summed E-state index contributed by atoms with van der Waals surface area (Å²) in [6.45, 7) is 4.49. The van der Waals surface area contributed by atoms with E-state index in [0.29, 0.717) is 17.4 Å². The molecular weight excluding hydrogens is 1010 g/mol. The summed E-state index contributed by atoms with van der Waals surface area (Å²) in [5.74, 6) is -2.32. The summed E-state index contributed by atoms with van der Waals surface area (Å²) in [5, 5.41) is 11.8. The molecule has 458 valence electrons. The second kappa shape index (κ2) is 61.2. The Balaban J connectivity index is 4.27. The standard InChI is InChI=1S/C72H117NO8/c1-6-8-10-12-14-16-18-20-22-24-26-28-30-32-34-35-37-39-41-43-45-47-49-51-53-55-57-59-61-63-70(75)81-68(67-80-72(71(76)77)78-65-64-73(3,4)5)66-79-69(74)62-60-58-56-54-52-50-48-46-44-42-40-38-36-33-31-29-27-25-23-21-19-17-15-13-11-9-7-2/h8-11,14-17,20-23,26-29,32-34,36-37,39,43,45,68,72H,6-7,12-13,18-19,24-25,30-31,35,38,40-42,44,46-67H2,1-5H3/b10-8-,11-9-,16-14-,17-15-,22-20-,23-21-,28-26-,29-27-,34-32-,36-33-,39-37-,45-43-. The van der Waals surface area contributed by atoms with Crippen molar-refractivity contribution in [1.82, 2.24) is 0 Å². The second-order valence-corrected chi connectivity index (χ2v) is 21.9. The molecule has 81 heavy (non-hydrogen) atoms. The van der Waals surface area contributed by atoms with Crippen LogP contribution in [0, 0.1) is 0 Å². The van der Waals surface area contributed by atoms with Crippen molar-refractivity contribution in [3.63, 3.8) is 0 Å². The average Bonchev–Trinajstić information content (AvgIpc) is 3.44. The van der Waals surface area contributed by atoms with Crippen molar-refractivity contribution in [2.45, 2.75) is 245 Å². The van der Waals surface area contributed by atoms with Gasteiger partial charge < -0.3 is 33.3 Å². The number of carboxylic acid groups (broad SMARTS) is 1. The van der Waals surface area contributed by atoms with E-state index < -0.39 is 24.3 Å². The number of unbranched alkanes of at least 4 members (excludes halogenated alkanes) is 18. The Morgan fingerprint density at radius 1 is 0.370 bits per heavy atom. The first-order valence-corrected chi connectivity index (χ1v) is 32.0. The van der Waals surface area contributed by atoms with E-state index in [1.807, 2.05) is 21.1 Å². The Labute approximate surface area is 496 Å². The normalized spacial score (nSPS) is 13.7. The fourth-order valence-corrected chi connectivity index (χ4v) is 8.25. The number of carbonyl (C=O) groups is 3. The van der Waals surface area contributed by atoms with Gasteiger partial charge in [0.2, 0.25) is 0 Å². The van der Waals surface area contributed by atoms with Gasteiger partial charge in [0, 0.05) is 12.8 Å². The highest BCUT2D eigenvalue weighted by molar-refractivity contribution is 5.70. The number of ether oxygens (including phenoxy) is 4. The van der Waals surface area contributed by atoms with Gasteiger partial charge in [-0.05, 0) is 116 Å². The molecule has 0 aliphatic rings. The Hall–Kier alpha value is -4.83. The van der Waals surface area contributed by atoms with Crippen LogP contribution < -0.4 is 5.11 Å². The minimum atomic E-state index is -1.64. The van der Waals surface area contributed by atoms with E-state index in [2.05, 4.69) is 160 Å². The number of likely N-dealkylation sites (N-methyl/N-ethyl adjacent to an activating group) is 1. The molecule has 0 amide bonds. The van der Waals surface area contributed by atoms with Gasteiger partial charge >= 0.3 is 11.9 Å². The fourth-order valence-electron chi connectivity index (χ4n) is 8.25. The van der Waals surface area contributed by atoms with E-state index in [1.165, 1.54) is 64.2 Å². The number of carboxylic acids is 1. The van der Waals surface area contributed by atoms with Gasteiger partial charge in [-0.25, -0.2) is 0 Å². The molecule has 0 aromatic carbocycles. The van der Waals surface area contributed by atoms with Gasteiger partial charge in [0.1, 0.15) is 13.2 Å². The summed E-state index contributed by atoms with van der Waals surface area (Å²) in [4.78, 5) is 37.4. The first-order valence-electron chi connectivity index (χ1n) is 32.0. The molecule has 0 spiro atoms. The first-order chi connectivity index (χ1) is 39.6. The van der Waals surface area contributed by atoms with Crippen molar-refractivity contribution in [3.05, 3.63) is 146 Å². The van der Waals surface area contributed by atoms with Crippen LogP contribution in [0.4, 0.5) is 0 Å². The summed E-state index contributed by atoms with van der Waals surface area (Å²) < 4.78 is 22.7. The number of aliphatic carboxylic acids is 1. The number of quaternary nitrogens is 1. The molecular formula is C72H117NO8. The van der Waals surface area contributed by atoms with E-state index in [0.717, 1.165) is 135 Å². The Morgan fingerprint density at radius 2 is 0.667 bits per heavy atom. The average molecular weight is 1120 g/mol. The molecule has 0 aromatic rings. The first kappa shape index (κ1) is 76.2. The maximum atomic E-state index is 12.9. The summed E-state index contributed by atoms with van der Waals surface area (Å²) in [6, 6.07) is 0. The van der Waals surface area contributed by atoms with Crippen LogP contribution in [0.5, 0.6) is 0 Å². The largest absolute Gasteiger partial charge is 0.545 e. The molecule has 0 aliphatic carbocycles. The molecule has 2 atom stereocenters. The number of rotatable bonds is 57. The van der Waals surface area contributed by atoms with Crippen LogP contribution in [-0.2, 0) is 33.3 Å². The lowest BCUT2D eigenvalue weighted by Gasteiger charge is -2.26. The van der Waals surface area contributed by atoms with Gasteiger partial charge in [-0.15, -0.1) is 0 Å². The van der Waals surface area contributed by atoms with Gasteiger partial charge in [0.15, 0.2) is 12.4 Å². The number of hydrogen-bond acceptors (Lipinski definition) is 8. The van der Waals surface area contributed by atoms with E-state index in [-0.39, 0.29) is 38.6 Å². The summed E-state index contributed by atoms with van der Waals surface area (Å²) in [5.41, 5.74) is 0. The smallest absolute Gasteiger partial charge is 0.306 e. The van der Waals surface area contributed by atoms with E-state index in [1.54, 1.807) is 0 Å². The van der Waals surface area contributed by atoms with Crippen molar-refractivity contribution in [3.8, 4) is 0 Å². The van der Waals surface area contributed by atoms with Gasteiger partial charge in [0.05, 0.1) is 40.3 Å². The monoisotopic (exact) mass is 1120 g/mol. The lowest BCUT2D eigenvalue weighted by Crippen LogP contribution is -2.44. The molecule has 0 heterocycles. The Morgan fingerprint density at radius 3 is 0.988 bits per heavy atom. The number of allylic oxidation sites excluding steroid dienone is 24. The van der Waals surface area contributed by atoms with Crippen molar-refractivity contribution in [2.75, 3.05) is 47.5 Å². The molecule has 9 heteroatoms. The van der Waals surface area contributed by atoms with E-state index >= 15 is 0 Å². The van der Waals surface area contributed by atoms with Gasteiger partial charge in [-0.2, -0.15) is 0 Å². The molecule has 0 fully saturated rings. The lowest BCUT2D eigenvalue weighted by molar-refractivity contribution is -0.870. The molecule has 0 saturated carbocycles. The molecule has 0 N–H and O–H groups in total. The van der Waals surface area contributed by atoms with Gasteiger partial charge in [0.25, 0.3) is 0 Å². The molecule has 0 radical (unpaired) electrons. The quantitative estimate of drug-likeness (QED) is 0.0195. The zero-order chi connectivity index (χ0) is 59.1. The molecule has 2 unspecified atom stereocenters. The summed E-state index contributed by atoms with van der Waals surface area (Å²) >= 11 is 0. The topological polar surface area (TPSA) is 111 Å². The number of esters is 2. The number of carbonyl (C=O) groups excluding carboxylic acids is 3. The third kappa shape index (κ3) is 62.6. The zero-order valence-electron chi connectivity index (χ0n) is 52.1. The van der Waals surface area contributed by atoms with Crippen LogP contribution in [-0.4, -0.2) is 82.3 Å². The minimum absolute atomic E-state index is 0.137. The van der Waals surface area contributed by atoms with Crippen LogP contribution in [0.1, 0.15) is 232 Å². The molecule has 0 saturated heterocycles. The van der Waals surface area contributed by atoms with Crippen LogP contribution >= 0.6 is 0 Å². The van der Waals surface area contributed by atoms with Crippen LogP contribution in [0.2, 0.25) is 0 Å². The summed E-state index contributed by atoms with van der Waals surface area (Å²) in [6.07, 6.45) is 86.1. The molecule has 9 nitrogen and oxygen atoms in total. The minimum Gasteiger partial charge on any atom is -0.545 e. The highest BCUT2D eigenvalue weighted by Crippen LogP contribution is 2.15.